The molecule has 0 unspecified atom stereocenters. The van der Waals surface area contributed by atoms with Gasteiger partial charge in [0.2, 0.25) is 0 Å². The Morgan fingerprint density at radius 3 is 3.05 bits per heavy atom. The minimum absolute atomic E-state index is 0.0316. The number of carbonyl (C=O) groups is 1. The zero-order valence-electron chi connectivity index (χ0n) is 10.8. The predicted octanol–water partition coefficient (Wildman–Crippen LogP) is 2.91. The first-order valence-electron chi connectivity index (χ1n) is 5.77. The number of hydrogen-bond acceptors (Lipinski definition) is 5. The van der Waals surface area contributed by atoms with Gasteiger partial charge in [0.05, 0.1) is 7.11 Å². The Morgan fingerprint density at radius 1 is 1.45 bits per heavy atom. The third kappa shape index (κ3) is 3.28. The van der Waals surface area contributed by atoms with Gasteiger partial charge in [0, 0.05) is 11.8 Å². The standard InChI is InChI=1S/C14H12N2O3S/c1-18-12-5-8-20-13(12)14(17)16-10-3-2-4-11(9-10)19-7-6-15/h2-5,8-9H,7H2,1H3,(H,16,17). The van der Waals surface area contributed by atoms with Gasteiger partial charge < -0.3 is 14.8 Å². The summed E-state index contributed by atoms with van der Waals surface area (Å²) in [6.07, 6.45) is 0. The molecule has 0 aliphatic rings. The largest absolute Gasteiger partial charge is 0.495 e. The molecular weight excluding hydrogens is 276 g/mol. The van der Waals surface area contributed by atoms with Crippen LogP contribution in [0.5, 0.6) is 11.5 Å². The summed E-state index contributed by atoms with van der Waals surface area (Å²) in [5.41, 5.74) is 0.598. The van der Waals surface area contributed by atoms with E-state index in [9.17, 15) is 4.79 Å². The minimum atomic E-state index is -0.241. The molecule has 2 aromatic rings. The first kappa shape index (κ1) is 13.9. The van der Waals surface area contributed by atoms with E-state index in [0.717, 1.165) is 0 Å². The topological polar surface area (TPSA) is 71.3 Å². The van der Waals surface area contributed by atoms with Crippen molar-refractivity contribution in [2.75, 3.05) is 19.0 Å². The summed E-state index contributed by atoms with van der Waals surface area (Å²) < 4.78 is 10.3. The van der Waals surface area contributed by atoms with Crippen molar-refractivity contribution >= 4 is 22.9 Å². The van der Waals surface area contributed by atoms with Gasteiger partial charge in [0.25, 0.3) is 5.91 Å². The van der Waals surface area contributed by atoms with E-state index < -0.39 is 0 Å². The van der Waals surface area contributed by atoms with Crippen molar-refractivity contribution < 1.29 is 14.3 Å². The van der Waals surface area contributed by atoms with E-state index in [1.807, 2.05) is 6.07 Å². The lowest BCUT2D eigenvalue weighted by molar-refractivity contribution is 0.102. The molecule has 1 amide bonds. The van der Waals surface area contributed by atoms with Crippen LogP contribution in [0.15, 0.2) is 35.7 Å². The Morgan fingerprint density at radius 2 is 2.30 bits per heavy atom. The molecule has 0 aliphatic carbocycles. The molecule has 1 heterocycles. The van der Waals surface area contributed by atoms with Crippen molar-refractivity contribution in [3.8, 4) is 17.6 Å². The van der Waals surface area contributed by atoms with Crippen LogP contribution in [0.3, 0.4) is 0 Å². The van der Waals surface area contributed by atoms with Crippen LogP contribution in [-0.4, -0.2) is 19.6 Å². The summed E-state index contributed by atoms with van der Waals surface area (Å²) in [4.78, 5) is 12.6. The van der Waals surface area contributed by atoms with Crippen molar-refractivity contribution in [1.29, 1.82) is 5.26 Å². The zero-order valence-corrected chi connectivity index (χ0v) is 11.6. The number of thiophene rings is 1. The fourth-order valence-electron chi connectivity index (χ4n) is 1.59. The van der Waals surface area contributed by atoms with Crippen molar-refractivity contribution in [3.63, 3.8) is 0 Å². The number of rotatable bonds is 5. The Bertz CT molecular complexity index is 646. The number of methoxy groups -OCH3 is 1. The van der Waals surface area contributed by atoms with Crippen molar-refractivity contribution in [3.05, 3.63) is 40.6 Å². The summed E-state index contributed by atoms with van der Waals surface area (Å²) in [6.45, 7) is -0.0316. The molecule has 0 bridgehead atoms. The highest BCUT2D eigenvalue weighted by molar-refractivity contribution is 7.12. The highest BCUT2D eigenvalue weighted by atomic mass is 32.1. The van der Waals surface area contributed by atoms with Gasteiger partial charge in [-0.15, -0.1) is 11.3 Å². The highest BCUT2D eigenvalue weighted by Gasteiger charge is 2.14. The third-order valence-corrected chi connectivity index (χ3v) is 3.34. The van der Waals surface area contributed by atoms with Crippen LogP contribution in [0, 0.1) is 11.3 Å². The molecule has 1 N–H and O–H groups in total. The van der Waals surface area contributed by atoms with Crippen LogP contribution in [0.2, 0.25) is 0 Å². The lowest BCUT2D eigenvalue weighted by atomic mass is 10.3. The lowest BCUT2D eigenvalue weighted by Crippen LogP contribution is -2.11. The molecule has 1 aromatic heterocycles. The Balaban J connectivity index is 2.10. The summed E-state index contributed by atoms with van der Waals surface area (Å²) in [5.74, 6) is 0.834. The molecule has 0 radical (unpaired) electrons. The van der Waals surface area contributed by atoms with E-state index in [4.69, 9.17) is 14.7 Å². The number of anilines is 1. The lowest BCUT2D eigenvalue weighted by Gasteiger charge is -2.07. The second-order valence-corrected chi connectivity index (χ2v) is 4.66. The van der Waals surface area contributed by atoms with Gasteiger partial charge in [-0.05, 0) is 23.6 Å². The molecule has 20 heavy (non-hydrogen) atoms. The average Bonchev–Trinajstić information content (AvgIpc) is 2.94. The number of benzene rings is 1. The van der Waals surface area contributed by atoms with Gasteiger partial charge in [-0.1, -0.05) is 6.07 Å². The predicted molar refractivity (Wildman–Crippen MR) is 76.4 cm³/mol. The Kier molecular flexibility index (Phi) is 4.58. The molecule has 102 valence electrons. The molecular formula is C14H12N2O3S. The number of amides is 1. The monoisotopic (exact) mass is 288 g/mol. The second kappa shape index (κ2) is 6.59. The summed E-state index contributed by atoms with van der Waals surface area (Å²) >= 11 is 1.31. The van der Waals surface area contributed by atoms with Crippen LogP contribution in [0.4, 0.5) is 5.69 Å². The van der Waals surface area contributed by atoms with Crippen molar-refractivity contribution in [2.24, 2.45) is 0 Å². The van der Waals surface area contributed by atoms with Gasteiger partial charge in [0.1, 0.15) is 22.4 Å². The number of hydrogen-bond donors (Lipinski definition) is 1. The van der Waals surface area contributed by atoms with Crippen molar-refractivity contribution in [2.45, 2.75) is 0 Å². The summed E-state index contributed by atoms with van der Waals surface area (Å²) in [7, 11) is 1.52. The van der Waals surface area contributed by atoms with Gasteiger partial charge in [-0.25, -0.2) is 0 Å². The minimum Gasteiger partial charge on any atom is -0.495 e. The van der Waals surface area contributed by atoms with E-state index >= 15 is 0 Å². The van der Waals surface area contributed by atoms with Crippen LogP contribution >= 0.6 is 11.3 Å². The first-order chi connectivity index (χ1) is 9.74. The quantitative estimate of drug-likeness (QED) is 0.918. The second-order valence-electron chi connectivity index (χ2n) is 3.75. The Labute approximate surface area is 120 Å². The van der Waals surface area contributed by atoms with E-state index in [1.54, 1.807) is 35.7 Å². The molecule has 0 fully saturated rings. The third-order valence-electron chi connectivity index (χ3n) is 2.45. The fourth-order valence-corrected chi connectivity index (χ4v) is 2.34. The molecule has 0 saturated carbocycles. The fraction of sp³-hybridized carbons (Fsp3) is 0.143. The van der Waals surface area contributed by atoms with Crippen LogP contribution < -0.4 is 14.8 Å². The van der Waals surface area contributed by atoms with E-state index in [1.165, 1.54) is 18.4 Å². The molecule has 1 aromatic carbocycles. The zero-order chi connectivity index (χ0) is 14.4. The number of nitriles is 1. The van der Waals surface area contributed by atoms with Crippen LogP contribution in [0.1, 0.15) is 9.67 Å². The van der Waals surface area contributed by atoms with E-state index in [2.05, 4.69) is 5.32 Å². The average molecular weight is 288 g/mol. The van der Waals surface area contributed by atoms with E-state index in [0.29, 0.717) is 22.1 Å². The molecule has 0 atom stereocenters. The highest BCUT2D eigenvalue weighted by Crippen LogP contribution is 2.26. The molecule has 0 saturated heterocycles. The molecule has 6 heteroatoms. The number of ether oxygens (including phenoxy) is 2. The molecule has 0 spiro atoms. The number of nitrogens with zero attached hydrogens (tertiary/aromatic N) is 1. The molecule has 5 nitrogen and oxygen atoms in total. The maximum atomic E-state index is 12.1. The first-order valence-corrected chi connectivity index (χ1v) is 6.65. The molecule has 2 rings (SSSR count). The Hall–Kier alpha value is -2.52. The van der Waals surface area contributed by atoms with Crippen molar-refractivity contribution in [1.82, 2.24) is 0 Å². The number of carbonyl (C=O) groups excluding carboxylic acids is 1. The van der Waals surface area contributed by atoms with Crippen LogP contribution in [0.25, 0.3) is 0 Å². The van der Waals surface area contributed by atoms with Crippen LogP contribution in [-0.2, 0) is 0 Å². The van der Waals surface area contributed by atoms with E-state index in [-0.39, 0.29) is 12.5 Å². The normalized spacial score (nSPS) is 9.60. The molecule has 0 aliphatic heterocycles. The summed E-state index contributed by atoms with van der Waals surface area (Å²) in [5, 5.41) is 13.0. The van der Waals surface area contributed by atoms with Gasteiger partial charge in [0.15, 0.2) is 6.61 Å². The SMILES string of the molecule is COc1ccsc1C(=O)Nc1cccc(OCC#N)c1. The van der Waals surface area contributed by atoms with Gasteiger partial charge in [-0.3, -0.25) is 4.79 Å². The smallest absolute Gasteiger partial charge is 0.269 e. The maximum Gasteiger partial charge on any atom is 0.269 e. The number of nitrogens with one attached hydrogen (secondary N) is 1. The van der Waals surface area contributed by atoms with Gasteiger partial charge >= 0.3 is 0 Å². The maximum absolute atomic E-state index is 12.1. The summed E-state index contributed by atoms with van der Waals surface area (Å²) in [6, 6.07) is 10.5. The van der Waals surface area contributed by atoms with Gasteiger partial charge in [-0.2, -0.15) is 5.26 Å².